The van der Waals surface area contributed by atoms with Crippen LogP contribution in [0.3, 0.4) is 0 Å². The minimum Gasteiger partial charge on any atom is -0.378 e. The molecule has 2 heterocycles. The SMILES string of the molecule is CCCC1CNC(CC(C)C)CN1CCCC1CCCO1. The number of hydrogen-bond donors (Lipinski definition) is 1. The van der Waals surface area contributed by atoms with Crippen LogP contribution in [0, 0.1) is 5.92 Å². The first kappa shape index (κ1) is 17.2. The molecule has 2 rings (SSSR count). The van der Waals surface area contributed by atoms with Crippen LogP contribution in [0.1, 0.15) is 65.7 Å². The van der Waals surface area contributed by atoms with Crippen LogP contribution in [-0.4, -0.2) is 49.3 Å². The maximum atomic E-state index is 5.76. The molecular formula is C18H36N2O. The average molecular weight is 296 g/mol. The highest BCUT2D eigenvalue weighted by Crippen LogP contribution is 2.20. The highest BCUT2D eigenvalue weighted by molar-refractivity contribution is 4.86. The summed E-state index contributed by atoms with van der Waals surface area (Å²) in [6.45, 7) is 11.7. The molecule has 0 spiro atoms. The third kappa shape index (κ3) is 5.88. The predicted octanol–water partition coefficient (Wildman–Crippen LogP) is 3.43. The van der Waals surface area contributed by atoms with Gasteiger partial charge in [-0.15, -0.1) is 0 Å². The van der Waals surface area contributed by atoms with E-state index < -0.39 is 0 Å². The van der Waals surface area contributed by atoms with Crippen molar-refractivity contribution >= 4 is 0 Å². The fourth-order valence-electron chi connectivity index (χ4n) is 3.94. The van der Waals surface area contributed by atoms with Gasteiger partial charge in [0.15, 0.2) is 0 Å². The maximum absolute atomic E-state index is 5.76. The van der Waals surface area contributed by atoms with Crippen LogP contribution in [0.4, 0.5) is 0 Å². The van der Waals surface area contributed by atoms with Crippen molar-refractivity contribution in [3.8, 4) is 0 Å². The first-order chi connectivity index (χ1) is 10.2. The van der Waals surface area contributed by atoms with Gasteiger partial charge < -0.3 is 10.1 Å². The lowest BCUT2D eigenvalue weighted by atomic mass is 9.97. The second-order valence-electron chi connectivity index (χ2n) is 7.45. The van der Waals surface area contributed by atoms with Gasteiger partial charge in [0, 0.05) is 31.8 Å². The summed E-state index contributed by atoms with van der Waals surface area (Å²) < 4.78 is 5.76. The van der Waals surface area contributed by atoms with Crippen LogP contribution in [-0.2, 0) is 4.74 Å². The Kier molecular flexibility index (Phi) is 7.48. The predicted molar refractivity (Wildman–Crippen MR) is 89.7 cm³/mol. The lowest BCUT2D eigenvalue weighted by molar-refractivity contribution is 0.0839. The molecule has 21 heavy (non-hydrogen) atoms. The summed E-state index contributed by atoms with van der Waals surface area (Å²) in [6, 6.07) is 1.45. The zero-order valence-electron chi connectivity index (χ0n) is 14.4. The van der Waals surface area contributed by atoms with Crippen LogP contribution in [0.15, 0.2) is 0 Å². The van der Waals surface area contributed by atoms with Gasteiger partial charge in [0.2, 0.25) is 0 Å². The zero-order valence-corrected chi connectivity index (χ0v) is 14.4. The van der Waals surface area contributed by atoms with Crippen molar-refractivity contribution < 1.29 is 4.74 Å². The Morgan fingerprint density at radius 1 is 1.29 bits per heavy atom. The van der Waals surface area contributed by atoms with Crippen molar-refractivity contribution in [1.82, 2.24) is 10.2 Å². The van der Waals surface area contributed by atoms with E-state index in [-0.39, 0.29) is 0 Å². The summed E-state index contributed by atoms with van der Waals surface area (Å²) in [5, 5.41) is 3.78. The molecule has 2 saturated heterocycles. The Labute approximate surface area is 131 Å². The molecule has 3 nitrogen and oxygen atoms in total. The lowest BCUT2D eigenvalue weighted by Crippen LogP contribution is -2.56. The Morgan fingerprint density at radius 3 is 2.81 bits per heavy atom. The third-order valence-electron chi connectivity index (χ3n) is 4.99. The standard InChI is InChI=1S/C18H36N2O/c1-4-7-17-13-19-16(12-15(2)3)14-20(17)10-5-8-18-9-6-11-21-18/h15-19H,4-14H2,1-3H3. The molecule has 3 atom stereocenters. The number of ether oxygens (including phenoxy) is 1. The van der Waals surface area contributed by atoms with Crippen LogP contribution >= 0.6 is 0 Å². The molecule has 3 unspecified atom stereocenters. The molecular weight excluding hydrogens is 260 g/mol. The number of nitrogens with zero attached hydrogens (tertiary/aromatic N) is 1. The first-order valence-electron chi connectivity index (χ1n) is 9.28. The van der Waals surface area contributed by atoms with Crippen molar-refractivity contribution in [1.29, 1.82) is 0 Å². The number of nitrogens with one attached hydrogen (secondary N) is 1. The zero-order chi connectivity index (χ0) is 15.1. The van der Waals surface area contributed by atoms with Gasteiger partial charge in [-0.1, -0.05) is 27.2 Å². The van der Waals surface area contributed by atoms with Crippen molar-refractivity contribution in [2.75, 3.05) is 26.2 Å². The van der Waals surface area contributed by atoms with Crippen LogP contribution < -0.4 is 5.32 Å². The van der Waals surface area contributed by atoms with Crippen LogP contribution in [0.5, 0.6) is 0 Å². The van der Waals surface area contributed by atoms with E-state index in [2.05, 4.69) is 31.0 Å². The molecule has 0 aliphatic carbocycles. The van der Waals surface area contributed by atoms with E-state index in [4.69, 9.17) is 4.74 Å². The second-order valence-corrected chi connectivity index (χ2v) is 7.45. The highest BCUT2D eigenvalue weighted by Gasteiger charge is 2.27. The smallest absolute Gasteiger partial charge is 0.0576 e. The maximum Gasteiger partial charge on any atom is 0.0576 e. The molecule has 0 aromatic rings. The van der Waals surface area contributed by atoms with E-state index >= 15 is 0 Å². The summed E-state index contributed by atoms with van der Waals surface area (Å²) in [5.74, 6) is 0.791. The summed E-state index contributed by atoms with van der Waals surface area (Å²) in [4.78, 5) is 2.77. The summed E-state index contributed by atoms with van der Waals surface area (Å²) in [6.07, 6.45) is 9.62. The van der Waals surface area contributed by atoms with Gasteiger partial charge in [0.1, 0.15) is 0 Å². The van der Waals surface area contributed by atoms with Gasteiger partial charge in [-0.2, -0.15) is 0 Å². The molecule has 1 N–H and O–H groups in total. The van der Waals surface area contributed by atoms with Gasteiger partial charge in [0.05, 0.1) is 6.10 Å². The molecule has 124 valence electrons. The number of hydrogen-bond acceptors (Lipinski definition) is 3. The first-order valence-corrected chi connectivity index (χ1v) is 9.28. The second kappa shape index (κ2) is 9.12. The van der Waals surface area contributed by atoms with Crippen molar-refractivity contribution in [3.05, 3.63) is 0 Å². The van der Waals surface area contributed by atoms with E-state index in [1.807, 2.05) is 0 Å². The Balaban J connectivity index is 1.75. The van der Waals surface area contributed by atoms with Crippen molar-refractivity contribution in [2.45, 2.75) is 83.9 Å². The molecule has 0 aromatic heterocycles. The summed E-state index contributed by atoms with van der Waals surface area (Å²) in [5.41, 5.74) is 0. The Morgan fingerprint density at radius 2 is 2.14 bits per heavy atom. The molecule has 2 fully saturated rings. The van der Waals surface area contributed by atoms with Gasteiger partial charge in [-0.3, -0.25) is 4.90 Å². The van der Waals surface area contributed by atoms with Crippen LogP contribution in [0.2, 0.25) is 0 Å². The van der Waals surface area contributed by atoms with Gasteiger partial charge in [0.25, 0.3) is 0 Å². The lowest BCUT2D eigenvalue weighted by Gasteiger charge is -2.41. The molecule has 2 aliphatic heterocycles. The molecule has 2 aliphatic rings. The van der Waals surface area contributed by atoms with Crippen molar-refractivity contribution in [3.63, 3.8) is 0 Å². The van der Waals surface area contributed by atoms with E-state index in [0.717, 1.165) is 18.6 Å². The molecule has 0 amide bonds. The number of rotatable bonds is 8. The number of piperazine rings is 1. The fourth-order valence-corrected chi connectivity index (χ4v) is 3.94. The third-order valence-corrected chi connectivity index (χ3v) is 4.99. The molecule has 0 bridgehead atoms. The molecule has 0 aromatic carbocycles. The highest BCUT2D eigenvalue weighted by atomic mass is 16.5. The summed E-state index contributed by atoms with van der Waals surface area (Å²) >= 11 is 0. The largest absolute Gasteiger partial charge is 0.378 e. The van der Waals surface area contributed by atoms with Gasteiger partial charge >= 0.3 is 0 Å². The summed E-state index contributed by atoms with van der Waals surface area (Å²) in [7, 11) is 0. The molecule has 0 radical (unpaired) electrons. The average Bonchev–Trinajstić information content (AvgIpc) is 2.94. The van der Waals surface area contributed by atoms with E-state index in [0.29, 0.717) is 12.1 Å². The molecule has 0 saturated carbocycles. The quantitative estimate of drug-likeness (QED) is 0.742. The van der Waals surface area contributed by atoms with Gasteiger partial charge in [-0.05, 0) is 51.0 Å². The Hall–Kier alpha value is -0.120. The molecule has 3 heteroatoms. The minimum atomic E-state index is 0.559. The topological polar surface area (TPSA) is 24.5 Å². The van der Waals surface area contributed by atoms with E-state index in [1.54, 1.807) is 0 Å². The Bertz CT molecular complexity index is 276. The van der Waals surface area contributed by atoms with E-state index in [9.17, 15) is 0 Å². The normalized spacial score (nSPS) is 31.1. The van der Waals surface area contributed by atoms with E-state index in [1.165, 1.54) is 64.6 Å². The van der Waals surface area contributed by atoms with Crippen LogP contribution in [0.25, 0.3) is 0 Å². The van der Waals surface area contributed by atoms with Crippen molar-refractivity contribution in [2.24, 2.45) is 5.92 Å². The minimum absolute atomic E-state index is 0.559. The monoisotopic (exact) mass is 296 g/mol. The van der Waals surface area contributed by atoms with Gasteiger partial charge in [-0.25, -0.2) is 0 Å². The fraction of sp³-hybridized carbons (Fsp3) is 1.00.